The smallest absolute Gasteiger partial charge is 0.146 e. The summed E-state index contributed by atoms with van der Waals surface area (Å²) >= 11 is 0. The first-order chi connectivity index (χ1) is 12.8. The molecule has 0 aliphatic carbocycles. The Morgan fingerprint density at radius 2 is 1.62 bits per heavy atom. The van der Waals surface area contributed by atoms with Gasteiger partial charge in [-0.1, -0.05) is 36.4 Å². The third-order valence-electron chi connectivity index (χ3n) is 5.25. The summed E-state index contributed by atoms with van der Waals surface area (Å²) in [6, 6.07) is 21.1. The van der Waals surface area contributed by atoms with Crippen LogP contribution in [0.25, 0.3) is 0 Å². The van der Waals surface area contributed by atoms with Gasteiger partial charge in [0, 0.05) is 5.56 Å². The summed E-state index contributed by atoms with van der Waals surface area (Å²) in [5.74, 6) is 1.91. The first-order valence-electron chi connectivity index (χ1n) is 9.18. The zero-order valence-corrected chi connectivity index (χ0v) is 14.9. The number of anilines is 3. The Morgan fingerprint density at radius 1 is 0.808 bits per heavy atom. The molecule has 0 fully saturated rings. The average Bonchev–Trinajstić information content (AvgIpc) is 2.86. The van der Waals surface area contributed by atoms with E-state index in [2.05, 4.69) is 60.4 Å². The van der Waals surface area contributed by atoms with Gasteiger partial charge in [0.05, 0.1) is 23.7 Å². The van der Waals surface area contributed by atoms with E-state index in [1.807, 2.05) is 12.1 Å². The van der Waals surface area contributed by atoms with Gasteiger partial charge in [0.2, 0.25) is 0 Å². The summed E-state index contributed by atoms with van der Waals surface area (Å²) < 4.78 is 12.3. The molecule has 5 rings (SSSR count). The molecule has 3 nitrogen and oxygen atoms in total. The highest BCUT2D eigenvalue weighted by molar-refractivity contribution is 5.86. The lowest BCUT2D eigenvalue weighted by atomic mass is 9.98. The molecule has 3 aromatic rings. The second kappa shape index (κ2) is 6.10. The predicted molar refractivity (Wildman–Crippen MR) is 104 cm³/mol. The Labute approximate surface area is 153 Å². The minimum absolute atomic E-state index is 0.568. The van der Waals surface area contributed by atoms with Gasteiger partial charge in [-0.15, -0.1) is 0 Å². The van der Waals surface area contributed by atoms with Crippen molar-refractivity contribution in [3.63, 3.8) is 0 Å². The second-order valence-corrected chi connectivity index (χ2v) is 6.88. The Kier molecular flexibility index (Phi) is 3.59. The van der Waals surface area contributed by atoms with Gasteiger partial charge in [0.15, 0.2) is 0 Å². The van der Waals surface area contributed by atoms with Gasteiger partial charge in [-0.2, -0.15) is 0 Å². The van der Waals surface area contributed by atoms with Gasteiger partial charge in [0.25, 0.3) is 0 Å². The van der Waals surface area contributed by atoms with Crippen LogP contribution in [0, 0.1) is 6.92 Å². The summed E-state index contributed by atoms with van der Waals surface area (Å²) in [5.41, 5.74) is 7.10. The molecular weight excluding hydrogens is 322 g/mol. The number of aryl methyl sites for hydroxylation is 1. The lowest BCUT2D eigenvalue weighted by Crippen LogP contribution is -2.17. The molecule has 2 heterocycles. The van der Waals surface area contributed by atoms with Gasteiger partial charge < -0.3 is 14.4 Å². The van der Waals surface area contributed by atoms with Crippen molar-refractivity contribution in [3.8, 4) is 11.5 Å². The first kappa shape index (κ1) is 15.3. The van der Waals surface area contributed by atoms with Crippen molar-refractivity contribution in [1.82, 2.24) is 0 Å². The van der Waals surface area contributed by atoms with Crippen LogP contribution in [0.3, 0.4) is 0 Å². The molecule has 0 saturated heterocycles. The van der Waals surface area contributed by atoms with Gasteiger partial charge in [-0.25, -0.2) is 0 Å². The van der Waals surface area contributed by atoms with Gasteiger partial charge in [-0.05, 0) is 55.2 Å². The van der Waals surface area contributed by atoms with Crippen molar-refractivity contribution in [3.05, 3.63) is 77.4 Å². The highest BCUT2D eigenvalue weighted by atomic mass is 16.5. The van der Waals surface area contributed by atoms with Gasteiger partial charge in [-0.3, -0.25) is 0 Å². The SMILES string of the molecule is Cc1ccc(N2c3ccccc3COc3ccccc32)c2c1CCCO2. The second-order valence-electron chi connectivity index (χ2n) is 6.88. The minimum atomic E-state index is 0.568. The molecule has 2 aliphatic heterocycles. The highest BCUT2D eigenvalue weighted by Gasteiger charge is 2.27. The summed E-state index contributed by atoms with van der Waals surface area (Å²) in [7, 11) is 0. The summed E-state index contributed by atoms with van der Waals surface area (Å²) in [4.78, 5) is 2.29. The molecule has 0 N–H and O–H groups in total. The van der Waals surface area contributed by atoms with Crippen molar-refractivity contribution >= 4 is 17.1 Å². The summed E-state index contributed by atoms with van der Waals surface area (Å²) in [5, 5.41) is 0. The van der Waals surface area contributed by atoms with E-state index < -0.39 is 0 Å². The van der Waals surface area contributed by atoms with Crippen LogP contribution in [0.2, 0.25) is 0 Å². The molecule has 0 bridgehead atoms. The standard InChI is InChI=1S/C23H21NO2/c1-16-12-13-21(23-18(16)8-6-14-25-23)24-19-9-3-2-7-17(19)15-26-22-11-5-4-10-20(22)24/h2-5,7,9-13H,6,8,14-15H2,1H3. The fraction of sp³-hybridized carbons (Fsp3) is 0.217. The Bertz CT molecular complexity index is 932. The lowest BCUT2D eigenvalue weighted by Gasteiger charge is -2.31. The molecule has 130 valence electrons. The number of nitrogens with zero attached hydrogens (tertiary/aromatic N) is 1. The van der Waals surface area contributed by atoms with Crippen molar-refractivity contribution < 1.29 is 9.47 Å². The number of hydrogen-bond donors (Lipinski definition) is 0. The third kappa shape index (κ3) is 2.35. The van der Waals surface area contributed by atoms with E-state index in [0.717, 1.165) is 48.0 Å². The van der Waals surface area contributed by atoms with Crippen molar-refractivity contribution in [2.24, 2.45) is 0 Å². The van der Waals surface area contributed by atoms with E-state index in [4.69, 9.17) is 9.47 Å². The topological polar surface area (TPSA) is 21.7 Å². The quantitative estimate of drug-likeness (QED) is 0.567. The van der Waals surface area contributed by atoms with Crippen LogP contribution in [0.1, 0.15) is 23.1 Å². The molecule has 26 heavy (non-hydrogen) atoms. The Hall–Kier alpha value is -2.94. The first-order valence-corrected chi connectivity index (χ1v) is 9.18. The molecule has 3 heteroatoms. The molecule has 2 aliphatic rings. The van der Waals surface area contributed by atoms with Gasteiger partial charge >= 0.3 is 0 Å². The van der Waals surface area contributed by atoms with Gasteiger partial charge in [0.1, 0.15) is 18.1 Å². The third-order valence-corrected chi connectivity index (χ3v) is 5.25. The maximum atomic E-state index is 6.18. The summed E-state index contributed by atoms with van der Waals surface area (Å²) in [6.45, 7) is 3.51. The van der Waals surface area contributed by atoms with Crippen molar-refractivity contribution in [2.75, 3.05) is 11.5 Å². The molecule has 0 radical (unpaired) electrons. The van der Waals surface area contributed by atoms with Crippen LogP contribution in [-0.2, 0) is 13.0 Å². The highest BCUT2D eigenvalue weighted by Crippen LogP contribution is 2.49. The maximum absolute atomic E-state index is 6.18. The van der Waals surface area contributed by atoms with E-state index in [0.29, 0.717) is 6.61 Å². The van der Waals surface area contributed by atoms with Crippen LogP contribution in [0.5, 0.6) is 11.5 Å². The number of ether oxygens (including phenoxy) is 2. The maximum Gasteiger partial charge on any atom is 0.146 e. The van der Waals surface area contributed by atoms with E-state index in [-0.39, 0.29) is 0 Å². The minimum Gasteiger partial charge on any atom is -0.491 e. The number of hydrogen-bond acceptors (Lipinski definition) is 3. The molecule has 0 unspecified atom stereocenters. The number of fused-ring (bicyclic) bond motifs is 3. The number of rotatable bonds is 1. The monoisotopic (exact) mass is 343 g/mol. The number of para-hydroxylation sites is 3. The van der Waals surface area contributed by atoms with Crippen LogP contribution in [-0.4, -0.2) is 6.61 Å². The summed E-state index contributed by atoms with van der Waals surface area (Å²) in [6.07, 6.45) is 2.15. The Balaban J connectivity index is 1.79. The van der Waals surface area contributed by atoms with Crippen LogP contribution in [0.15, 0.2) is 60.7 Å². The fourth-order valence-corrected chi connectivity index (χ4v) is 3.94. The molecule has 3 aromatic carbocycles. The lowest BCUT2D eigenvalue weighted by molar-refractivity contribution is 0.289. The molecule has 0 spiro atoms. The largest absolute Gasteiger partial charge is 0.491 e. The fourth-order valence-electron chi connectivity index (χ4n) is 3.94. The zero-order valence-electron chi connectivity index (χ0n) is 14.9. The molecule has 0 aromatic heterocycles. The molecule has 0 saturated carbocycles. The van der Waals surface area contributed by atoms with Crippen LogP contribution >= 0.6 is 0 Å². The van der Waals surface area contributed by atoms with E-state index in [9.17, 15) is 0 Å². The molecule has 0 atom stereocenters. The van der Waals surface area contributed by atoms with Crippen molar-refractivity contribution in [2.45, 2.75) is 26.4 Å². The molecule has 0 amide bonds. The number of benzene rings is 3. The van der Waals surface area contributed by atoms with Crippen LogP contribution < -0.4 is 14.4 Å². The van der Waals surface area contributed by atoms with Crippen LogP contribution in [0.4, 0.5) is 17.1 Å². The predicted octanol–water partition coefficient (Wildman–Crippen LogP) is 5.68. The normalized spacial score (nSPS) is 15.0. The zero-order chi connectivity index (χ0) is 17.5. The van der Waals surface area contributed by atoms with E-state index >= 15 is 0 Å². The average molecular weight is 343 g/mol. The Morgan fingerprint density at radius 3 is 2.54 bits per heavy atom. The van der Waals surface area contributed by atoms with Crippen molar-refractivity contribution in [1.29, 1.82) is 0 Å². The van der Waals surface area contributed by atoms with E-state index in [1.54, 1.807) is 0 Å². The van der Waals surface area contributed by atoms with E-state index in [1.165, 1.54) is 16.7 Å². The molecular formula is C23H21NO2.